The van der Waals surface area contributed by atoms with Gasteiger partial charge in [-0.1, -0.05) is 62.4 Å². The number of carbonyl (C=O) groups excluding carboxylic acids is 1. The number of hydrogen-bond donors (Lipinski definition) is 4. The number of anilines is 3. The molecule has 4 rings (SSSR count). The molecule has 272 valence electrons. The third-order valence-electron chi connectivity index (χ3n) is 8.57. The summed E-state index contributed by atoms with van der Waals surface area (Å²) in [4.78, 5) is 16.5. The van der Waals surface area contributed by atoms with E-state index in [1.807, 2.05) is 61.5 Å². The molecule has 0 radical (unpaired) electrons. The lowest BCUT2D eigenvalue weighted by molar-refractivity contribution is -0.133. The van der Waals surface area contributed by atoms with E-state index in [1.165, 1.54) is 18.2 Å². The van der Waals surface area contributed by atoms with E-state index in [2.05, 4.69) is 21.5 Å². The standard InChI is InChI=1S/C36H48N4O8S2/c1-4-6-22-40(35(5-2)50(46,47)48-36(43)19-12-27-10-8-7-9-11-27)31-16-14-30(15-17-31)39-23-20-29(21-24-39)37-26-34(42)28-13-18-33(41)32(25-28)38-49(3,44)45/h5,7-11,13-18,25,29,34-35,37-38,41-42H,2,4,6,12,19-24,26H2,1,3H3/t34-,35?/m0/s1. The Kier molecular flexibility index (Phi) is 13.7. The molecular weight excluding hydrogens is 681 g/mol. The van der Waals surface area contributed by atoms with E-state index in [4.69, 9.17) is 4.18 Å². The average molecular weight is 729 g/mol. The summed E-state index contributed by atoms with van der Waals surface area (Å²) in [7, 11) is -7.94. The van der Waals surface area contributed by atoms with Gasteiger partial charge in [-0.2, -0.15) is 8.42 Å². The Morgan fingerprint density at radius 3 is 2.36 bits per heavy atom. The number of piperidine rings is 1. The largest absolute Gasteiger partial charge is 0.506 e. The van der Waals surface area contributed by atoms with E-state index in [9.17, 15) is 31.8 Å². The van der Waals surface area contributed by atoms with Crippen molar-refractivity contribution in [1.82, 2.24) is 5.32 Å². The van der Waals surface area contributed by atoms with Gasteiger partial charge in [0.1, 0.15) is 5.75 Å². The highest BCUT2D eigenvalue weighted by molar-refractivity contribution is 7.92. The first-order valence-corrected chi connectivity index (χ1v) is 20.1. The number of carbonyl (C=O) groups is 1. The van der Waals surface area contributed by atoms with Crippen LogP contribution in [0.25, 0.3) is 0 Å². The quantitative estimate of drug-likeness (QED) is 0.0817. The second-order valence-electron chi connectivity index (χ2n) is 12.5. The molecule has 1 saturated heterocycles. The van der Waals surface area contributed by atoms with Crippen molar-refractivity contribution in [3.63, 3.8) is 0 Å². The molecular formula is C36H48N4O8S2. The van der Waals surface area contributed by atoms with Crippen LogP contribution in [0.1, 0.15) is 56.3 Å². The van der Waals surface area contributed by atoms with E-state index in [0.29, 0.717) is 24.2 Å². The van der Waals surface area contributed by atoms with E-state index >= 15 is 0 Å². The molecule has 14 heteroatoms. The zero-order valence-corrected chi connectivity index (χ0v) is 30.2. The Balaban J connectivity index is 1.33. The van der Waals surface area contributed by atoms with Crippen LogP contribution in [0.2, 0.25) is 0 Å². The second-order valence-corrected chi connectivity index (χ2v) is 15.8. The topological polar surface area (TPSA) is 166 Å². The van der Waals surface area contributed by atoms with Gasteiger partial charge in [-0.25, -0.2) is 8.42 Å². The van der Waals surface area contributed by atoms with Crippen molar-refractivity contribution in [3.8, 4) is 5.75 Å². The van der Waals surface area contributed by atoms with Gasteiger partial charge in [0.05, 0.1) is 24.5 Å². The van der Waals surface area contributed by atoms with Crippen molar-refractivity contribution in [2.45, 2.75) is 63.0 Å². The van der Waals surface area contributed by atoms with Crippen LogP contribution in [-0.2, 0) is 35.5 Å². The molecule has 0 bridgehead atoms. The van der Waals surface area contributed by atoms with Gasteiger partial charge >= 0.3 is 16.1 Å². The molecule has 2 atom stereocenters. The van der Waals surface area contributed by atoms with Crippen LogP contribution in [0.5, 0.6) is 5.75 Å². The summed E-state index contributed by atoms with van der Waals surface area (Å²) in [6.45, 7) is 7.99. The van der Waals surface area contributed by atoms with E-state index < -0.39 is 37.6 Å². The van der Waals surface area contributed by atoms with Gasteiger partial charge in [-0.05, 0) is 73.2 Å². The number of aliphatic hydroxyl groups is 1. The van der Waals surface area contributed by atoms with Crippen LogP contribution in [0.15, 0.2) is 85.5 Å². The Morgan fingerprint density at radius 2 is 1.74 bits per heavy atom. The number of sulfonamides is 1. The predicted octanol–water partition coefficient (Wildman–Crippen LogP) is 4.68. The van der Waals surface area contributed by atoms with Crippen LogP contribution in [0.3, 0.4) is 0 Å². The number of aromatic hydroxyl groups is 1. The van der Waals surface area contributed by atoms with Crippen molar-refractivity contribution in [3.05, 3.63) is 96.6 Å². The summed E-state index contributed by atoms with van der Waals surface area (Å²) in [5.74, 6) is -1.04. The highest BCUT2D eigenvalue weighted by Crippen LogP contribution is 2.29. The molecule has 0 amide bonds. The molecule has 12 nitrogen and oxygen atoms in total. The highest BCUT2D eigenvalue weighted by atomic mass is 32.2. The maximum absolute atomic E-state index is 13.3. The predicted molar refractivity (Wildman–Crippen MR) is 197 cm³/mol. The van der Waals surface area contributed by atoms with Crippen molar-refractivity contribution >= 4 is 43.2 Å². The minimum atomic E-state index is -4.35. The minimum absolute atomic E-state index is 0.0106. The van der Waals surface area contributed by atoms with Gasteiger partial charge in [0.25, 0.3) is 0 Å². The van der Waals surface area contributed by atoms with Crippen LogP contribution in [-0.4, -0.2) is 76.9 Å². The van der Waals surface area contributed by atoms with Gasteiger partial charge in [0.15, 0.2) is 5.37 Å². The monoisotopic (exact) mass is 728 g/mol. The molecule has 0 saturated carbocycles. The first kappa shape index (κ1) is 38.7. The molecule has 1 unspecified atom stereocenters. The molecule has 1 heterocycles. The lowest BCUT2D eigenvalue weighted by atomic mass is 10.0. The lowest BCUT2D eigenvalue weighted by Gasteiger charge is -2.35. The third-order valence-corrected chi connectivity index (χ3v) is 10.6. The summed E-state index contributed by atoms with van der Waals surface area (Å²) >= 11 is 0. The number of nitrogens with zero attached hydrogens (tertiary/aromatic N) is 2. The van der Waals surface area contributed by atoms with Crippen molar-refractivity contribution < 1.29 is 36.0 Å². The Labute approximate surface area is 295 Å². The van der Waals surface area contributed by atoms with Crippen LogP contribution in [0, 0.1) is 0 Å². The fourth-order valence-electron chi connectivity index (χ4n) is 5.88. The summed E-state index contributed by atoms with van der Waals surface area (Å²) in [5.41, 5.74) is 3.06. The Hall–Kier alpha value is -4.11. The minimum Gasteiger partial charge on any atom is -0.506 e. The summed E-state index contributed by atoms with van der Waals surface area (Å²) in [5, 5.41) is 22.9. The molecule has 1 aliphatic heterocycles. The summed E-state index contributed by atoms with van der Waals surface area (Å²) < 4.78 is 57.2. The summed E-state index contributed by atoms with van der Waals surface area (Å²) in [6, 6.07) is 21.5. The van der Waals surface area contributed by atoms with Crippen LogP contribution in [0.4, 0.5) is 17.1 Å². The maximum atomic E-state index is 13.3. The van der Waals surface area contributed by atoms with Gasteiger partial charge in [0.2, 0.25) is 10.0 Å². The lowest BCUT2D eigenvalue weighted by Crippen LogP contribution is -2.44. The normalized spacial score (nSPS) is 15.2. The molecule has 50 heavy (non-hydrogen) atoms. The number of rotatable bonds is 18. The van der Waals surface area contributed by atoms with Gasteiger partial charge in [-0.3, -0.25) is 9.52 Å². The molecule has 0 spiro atoms. The van der Waals surface area contributed by atoms with E-state index in [0.717, 1.165) is 56.3 Å². The number of phenolic OH excluding ortho intramolecular Hbond substituents is 1. The van der Waals surface area contributed by atoms with Crippen molar-refractivity contribution in [1.29, 1.82) is 0 Å². The smallest absolute Gasteiger partial charge is 0.337 e. The zero-order chi connectivity index (χ0) is 36.3. The molecule has 0 aliphatic carbocycles. The number of hydrogen-bond acceptors (Lipinski definition) is 11. The molecule has 1 fully saturated rings. The average Bonchev–Trinajstić information content (AvgIpc) is 3.09. The molecule has 3 aromatic rings. The second kappa shape index (κ2) is 17.7. The Bertz CT molecular complexity index is 1780. The fraction of sp³-hybridized carbons (Fsp3) is 0.417. The van der Waals surface area contributed by atoms with Gasteiger partial charge < -0.3 is 29.5 Å². The number of nitrogens with one attached hydrogen (secondary N) is 2. The van der Waals surface area contributed by atoms with Crippen LogP contribution >= 0.6 is 0 Å². The van der Waals surface area contributed by atoms with E-state index in [-0.39, 0.29) is 30.4 Å². The zero-order valence-electron chi connectivity index (χ0n) is 28.6. The van der Waals surface area contributed by atoms with Gasteiger partial charge in [0, 0.05) is 43.6 Å². The SMILES string of the molecule is C=CC(N(CCCC)c1ccc(N2CCC(NC[C@H](O)c3ccc(O)c(NS(C)(=O)=O)c3)CC2)cc1)S(=O)(=O)OC(=O)CCc1ccccc1. The maximum Gasteiger partial charge on any atom is 0.337 e. The van der Waals surface area contributed by atoms with E-state index in [1.54, 1.807) is 11.0 Å². The third kappa shape index (κ3) is 11.2. The number of unbranched alkanes of at least 4 members (excludes halogenated alkanes) is 1. The first-order valence-electron chi connectivity index (χ1n) is 16.8. The van der Waals surface area contributed by atoms with Crippen molar-refractivity contribution in [2.24, 2.45) is 0 Å². The van der Waals surface area contributed by atoms with Crippen LogP contribution < -0.4 is 19.8 Å². The Morgan fingerprint density at radius 1 is 1.06 bits per heavy atom. The molecule has 1 aliphatic rings. The summed E-state index contributed by atoms with van der Waals surface area (Å²) in [6.07, 6.45) is 4.89. The number of phenols is 1. The van der Waals surface area contributed by atoms with Crippen molar-refractivity contribution in [2.75, 3.05) is 47.0 Å². The molecule has 4 N–H and O–H groups in total. The first-order chi connectivity index (χ1) is 23.8. The van der Waals surface area contributed by atoms with Gasteiger partial charge in [-0.15, -0.1) is 0 Å². The highest BCUT2D eigenvalue weighted by Gasteiger charge is 2.33. The molecule has 0 aromatic heterocycles. The number of aryl methyl sites for hydroxylation is 1. The number of aliphatic hydroxyl groups excluding tert-OH is 1. The number of benzene rings is 3. The fourth-order valence-corrected chi connectivity index (χ4v) is 7.66. The molecule has 3 aromatic carbocycles.